The number of aromatic amines is 1. The summed E-state index contributed by atoms with van der Waals surface area (Å²) >= 11 is 0. The van der Waals surface area contributed by atoms with Crippen LogP contribution in [0.4, 0.5) is 10.5 Å². The molecule has 7 N–H and O–H groups in total. The van der Waals surface area contributed by atoms with Gasteiger partial charge in [-0.2, -0.15) is 0 Å². The highest BCUT2D eigenvalue weighted by Crippen LogP contribution is 2.29. The number of phenols is 1. The van der Waals surface area contributed by atoms with Crippen molar-refractivity contribution in [1.82, 2.24) is 15.6 Å². The Morgan fingerprint density at radius 1 is 0.951 bits per heavy atom. The summed E-state index contributed by atoms with van der Waals surface area (Å²) in [5, 5.41) is 38.9. The molecule has 1 amide bonds. The number of carboxylic acid groups (broad SMARTS) is 1. The fraction of sp³-hybridized carbons (Fsp3) is 0.312. The van der Waals surface area contributed by atoms with Crippen molar-refractivity contribution in [1.29, 1.82) is 0 Å². The Morgan fingerprint density at radius 3 is 2.44 bits per heavy atom. The van der Waals surface area contributed by atoms with Gasteiger partial charge in [-0.15, -0.1) is 0 Å². The molecule has 0 unspecified atom stereocenters. The average Bonchev–Trinajstić information content (AvgIpc) is 2.99. The maximum Gasteiger partial charge on any atom is 0.409 e. The van der Waals surface area contributed by atoms with Gasteiger partial charge in [0.25, 0.3) is 0 Å². The number of H-pyrrole nitrogens is 1. The van der Waals surface area contributed by atoms with Crippen LogP contribution < -0.4 is 21.5 Å². The van der Waals surface area contributed by atoms with E-state index in [1.165, 1.54) is 31.4 Å². The van der Waals surface area contributed by atoms with Crippen LogP contribution in [0.2, 0.25) is 0 Å². The average molecular weight is 559 g/mol. The number of piperidine rings is 1. The zero-order valence-electron chi connectivity index (χ0n) is 23.0. The smallest absolute Gasteiger partial charge is 0.409 e. The van der Waals surface area contributed by atoms with Crippen LogP contribution in [0.3, 0.4) is 0 Å². The van der Waals surface area contributed by atoms with Gasteiger partial charge in [-0.3, -0.25) is 10.1 Å². The number of benzene rings is 3. The first-order valence-corrected chi connectivity index (χ1v) is 14.0. The van der Waals surface area contributed by atoms with Crippen LogP contribution in [-0.2, 0) is 0 Å². The van der Waals surface area contributed by atoms with Gasteiger partial charge in [0.1, 0.15) is 5.75 Å². The highest BCUT2D eigenvalue weighted by atomic mass is 16.4. The molecule has 9 heteroatoms. The molecule has 41 heavy (non-hydrogen) atoms. The van der Waals surface area contributed by atoms with E-state index in [-0.39, 0.29) is 11.3 Å². The van der Waals surface area contributed by atoms with Gasteiger partial charge in [-0.25, -0.2) is 4.79 Å². The second-order valence-electron chi connectivity index (χ2n) is 10.2. The van der Waals surface area contributed by atoms with Crippen LogP contribution in [0.5, 0.6) is 5.75 Å². The lowest BCUT2D eigenvalue weighted by Crippen LogP contribution is -2.28. The fourth-order valence-corrected chi connectivity index (χ4v) is 5.16. The number of aromatic hydroxyl groups is 1. The Bertz CT molecular complexity index is 1470. The number of amides is 1. The highest BCUT2D eigenvalue weighted by molar-refractivity contribution is 5.90. The van der Waals surface area contributed by atoms with Crippen LogP contribution in [-0.4, -0.2) is 52.6 Å². The number of hydrogen-bond acceptors (Lipinski definition) is 6. The number of para-hydroxylation sites is 1. The molecule has 2 heterocycles. The molecule has 1 aromatic heterocycles. The van der Waals surface area contributed by atoms with E-state index in [9.17, 15) is 19.8 Å². The van der Waals surface area contributed by atoms with E-state index in [0.717, 1.165) is 43.1 Å². The van der Waals surface area contributed by atoms with Crippen molar-refractivity contribution in [3.05, 3.63) is 94.8 Å². The first-order valence-electron chi connectivity index (χ1n) is 14.0. The first-order chi connectivity index (χ1) is 19.9. The summed E-state index contributed by atoms with van der Waals surface area (Å²) in [6, 6.07) is 23.3. The summed E-state index contributed by atoms with van der Waals surface area (Å²) in [4.78, 5) is 24.7. The van der Waals surface area contributed by atoms with E-state index in [0.29, 0.717) is 28.7 Å². The highest BCUT2D eigenvalue weighted by Gasteiger charge is 2.15. The number of carbonyl (C=O) groups is 1. The number of rotatable bonds is 9. The van der Waals surface area contributed by atoms with Gasteiger partial charge in [0.2, 0.25) is 5.56 Å². The molecule has 1 aliphatic rings. The van der Waals surface area contributed by atoms with Gasteiger partial charge in [-0.1, -0.05) is 54.6 Å². The summed E-state index contributed by atoms with van der Waals surface area (Å²) in [5.41, 5.74) is 3.27. The van der Waals surface area contributed by atoms with Crippen molar-refractivity contribution in [2.45, 2.75) is 31.8 Å². The number of pyridine rings is 1. The molecule has 0 radical (unpaired) electrons. The van der Waals surface area contributed by atoms with Crippen molar-refractivity contribution in [2.24, 2.45) is 5.92 Å². The number of anilines is 1. The maximum absolute atomic E-state index is 11.4. The van der Waals surface area contributed by atoms with Crippen molar-refractivity contribution < 1.29 is 20.1 Å². The molecule has 1 atom stereocenters. The molecule has 9 nitrogen and oxygen atoms in total. The molecule has 1 aliphatic heterocycles. The number of fused-ring (bicyclic) bond motifs is 1. The largest absolute Gasteiger partial charge is 0.506 e. The third-order valence-electron chi connectivity index (χ3n) is 7.28. The van der Waals surface area contributed by atoms with Gasteiger partial charge in [0.15, 0.2) is 0 Å². The van der Waals surface area contributed by atoms with E-state index >= 15 is 0 Å². The van der Waals surface area contributed by atoms with Gasteiger partial charge in [0, 0.05) is 23.6 Å². The second kappa shape index (κ2) is 15.0. The van der Waals surface area contributed by atoms with Crippen molar-refractivity contribution in [3.8, 4) is 16.9 Å². The summed E-state index contributed by atoms with van der Waals surface area (Å²) in [6.07, 6.45) is 3.13. The number of hydrogen-bond donors (Lipinski definition) is 7. The van der Waals surface area contributed by atoms with E-state index in [1.807, 2.05) is 42.5 Å². The van der Waals surface area contributed by atoms with Gasteiger partial charge < -0.3 is 30.9 Å². The van der Waals surface area contributed by atoms with E-state index in [4.69, 9.17) is 5.11 Å². The minimum absolute atomic E-state index is 0.0126. The third-order valence-corrected chi connectivity index (χ3v) is 7.28. The summed E-state index contributed by atoms with van der Waals surface area (Å²) in [5.74, 6) is 0.837. The molecule has 5 rings (SSSR count). The molecular weight excluding hydrogens is 520 g/mol. The van der Waals surface area contributed by atoms with Crippen LogP contribution in [0.25, 0.3) is 22.0 Å². The fourth-order valence-electron chi connectivity index (χ4n) is 5.16. The molecule has 3 aromatic carbocycles. The van der Waals surface area contributed by atoms with Crippen molar-refractivity contribution in [2.75, 3.05) is 31.5 Å². The lowest BCUT2D eigenvalue weighted by molar-refractivity contribution is 0.175. The Morgan fingerprint density at radius 2 is 1.68 bits per heavy atom. The number of aliphatic hydroxyl groups excluding tert-OH is 1. The number of nitrogens with one attached hydrogen (secondary N) is 4. The molecule has 0 aliphatic carbocycles. The molecule has 216 valence electrons. The van der Waals surface area contributed by atoms with Crippen molar-refractivity contribution in [3.63, 3.8) is 0 Å². The summed E-state index contributed by atoms with van der Waals surface area (Å²) in [6.45, 7) is 3.60. The number of aliphatic hydroxyl groups is 1. The van der Waals surface area contributed by atoms with Gasteiger partial charge >= 0.3 is 6.09 Å². The monoisotopic (exact) mass is 558 g/mol. The molecule has 1 fully saturated rings. The lowest BCUT2D eigenvalue weighted by Gasteiger charge is -2.22. The van der Waals surface area contributed by atoms with Gasteiger partial charge in [0.05, 0.1) is 17.3 Å². The SMILES string of the molecule is O=C(O)Nc1ccccc1-c1ccccc1.O=c1ccc2c([C@@H](O)CNCCCC3CCNCC3)ccc(O)c2[nH]1. The van der Waals surface area contributed by atoms with Crippen LogP contribution >= 0.6 is 0 Å². The predicted molar refractivity (Wildman–Crippen MR) is 162 cm³/mol. The molecule has 4 aromatic rings. The van der Waals surface area contributed by atoms with Crippen LogP contribution in [0.1, 0.15) is 37.4 Å². The van der Waals surface area contributed by atoms with Gasteiger partial charge in [-0.05, 0) is 80.6 Å². The zero-order chi connectivity index (χ0) is 29.0. The van der Waals surface area contributed by atoms with Crippen molar-refractivity contribution >= 4 is 22.7 Å². The normalized spacial score (nSPS) is 14.2. The Labute approximate surface area is 239 Å². The summed E-state index contributed by atoms with van der Waals surface area (Å²) < 4.78 is 0. The first kappa shape index (κ1) is 29.8. The minimum Gasteiger partial charge on any atom is -0.506 e. The molecule has 1 saturated heterocycles. The van der Waals surface area contributed by atoms with E-state index in [1.54, 1.807) is 24.3 Å². The standard InChI is InChI=1S/C19H27N3O3.C13H11NO2/c23-16-5-3-14(15-4-6-18(25)22-19(15)16)17(24)12-21-9-1-2-13-7-10-20-11-8-13;15-13(16)14-12-9-5-4-8-11(12)10-6-2-1-3-7-10/h3-6,13,17,20-21,23-24H,1-2,7-12H2,(H,22,25);1-9,14H,(H,15,16)/t17-;/m0./s1. The lowest BCUT2D eigenvalue weighted by atomic mass is 9.93. The maximum atomic E-state index is 11.4. The Kier molecular flexibility index (Phi) is 10.9. The molecule has 0 saturated carbocycles. The summed E-state index contributed by atoms with van der Waals surface area (Å²) in [7, 11) is 0. The minimum atomic E-state index is -1.05. The number of aromatic nitrogens is 1. The molecule has 0 bridgehead atoms. The topological polar surface area (TPSA) is 147 Å². The zero-order valence-corrected chi connectivity index (χ0v) is 23.0. The third kappa shape index (κ3) is 8.65. The van der Waals surface area contributed by atoms with E-state index in [2.05, 4.69) is 20.9 Å². The second-order valence-corrected chi connectivity index (χ2v) is 10.2. The number of phenolic OH excluding ortho intramolecular Hbond substituents is 1. The molecule has 0 spiro atoms. The van der Waals surface area contributed by atoms with E-state index < -0.39 is 12.2 Å². The quantitative estimate of drug-likeness (QED) is 0.142. The predicted octanol–water partition coefficient (Wildman–Crippen LogP) is 5.08. The Hall–Kier alpha value is -4.18. The Balaban J connectivity index is 0.000000208. The van der Waals surface area contributed by atoms with Crippen LogP contribution in [0.15, 0.2) is 83.7 Å². The molecular formula is C32H38N4O5. The van der Waals surface area contributed by atoms with Crippen LogP contribution in [0, 0.1) is 5.92 Å².